The van der Waals surface area contributed by atoms with Gasteiger partial charge in [0, 0.05) is 0 Å². The van der Waals surface area contributed by atoms with Gasteiger partial charge in [-0.1, -0.05) is 12.1 Å². The second kappa shape index (κ2) is 5.50. The summed E-state index contributed by atoms with van der Waals surface area (Å²) < 4.78 is 85.7. The van der Waals surface area contributed by atoms with Gasteiger partial charge in [0.15, 0.2) is 5.69 Å². The van der Waals surface area contributed by atoms with Gasteiger partial charge in [0.1, 0.15) is 5.75 Å². The van der Waals surface area contributed by atoms with Crippen LogP contribution in [0.2, 0.25) is 0 Å². The standard InChI is InChI=1S/C15H10F6N2O2/c1-25-8-4-2-7(3-5-8)6-23-10-9(12(22-23)15(19,20)21)13(24)14(17,18)11(10)16/h2-5,11H,6H2,1H3. The van der Waals surface area contributed by atoms with Crippen LogP contribution in [0.4, 0.5) is 26.3 Å². The average molecular weight is 364 g/mol. The Hall–Kier alpha value is -2.52. The molecule has 0 spiro atoms. The van der Waals surface area contributed by atoms with E-state index in [1.165, 1.54) is 31.4 Å². The van der Waals surface area contributed by atoms with Crippen LogP contribution in [0.5, 0.6) is 5.75 Å². The Labute approximate surface area is 137 Å². The monoisotopic (exact) mass is 364 g/mol. The Morgan fingerprint density at radius 1 is 1.24 bits per heavy atom. The minimum Gasteiger partial charge on any atom is -0.497 e. The predicted molar refractivity (Wildman–Crippen MR) is 72.5 cm³/mol. The number of carbonyl (C=O) groups is 1. The second-order valence-corrected chi connectivity index (χ2v) is 5.43. The maximum Gasteiger partial charge on any atom is 0.435 e. The lowest BCUT2D eigenvalue weighted by atomic mass is 10.1. The van der Waals surface area contributed by atoms with Crippen LogP contribution < -0.4 is 4.74 Å². The quantitative estimate of drug-likeness (QED) is 0.779. The van der Waals surface area contributed by atoms with Gasteiger partial charge in [-0.15, -0.1) is 0 Å². The van der Waals surface area contributed by atoms with E-state index in [-0.39, 0.29) is 0 Å². The van der Waals surface area contributed by atoms with E-state index in [0.29, 0.717) is 16.0 Å². The minimum atomic E-state index is -5.16. The summed E-state index contributed by atoms with van der Waals surface area (Å²) in [6.07, 6.45) is -8.35. The number of Topliss-reactive ketones (excluding diaryl/α,β-unsaturated/α-hetero) is 1. The highest BCUT2D eigenvalue weighted by Gasteiger charge is 2.62. The third kappa shape index (κ3) is 2.65. The lowest BCUT2D eigenvalue weighted by Gasteiger charge is -2.13. The van der Waals surface area contributed by atoms with Crippen LogP contribution in [0.25, 0.3) is 0 Å². The van der Waals surface area contributed by atoms with Crippen LogP contribution >= 0.6 is 0 Å². The maximum atomic E-state index is 14.0. The summed E-state index contributed by atoms with van der Waals surface area (Å²) in [5.41, 5.74) is -3.90. The molecule has 1 aromatic heterocycles. The molecule has 1 heterocycles. The first kappa shape index (κ1) is 17.3. The van der Waals surface area contributed by atoms with E-state index in [4.69, 9.17) is 4.74 Å². The van der Waals surface area contributed by atoms with Crippen molar-refractivity contribution in [1.29, 1.82) is 0 Å². The zero-order valence-electron chi connectivity index (χ0n) is 12.6. The largest absolute Gasteiger partial charge is 0.497 e. The zero-order chi connectivity index (χ0) is 18.6. The maximum absolute atomic E-state index is 14.0. The number of halogens is 6. The number of ether oxygens (including phenoxy) is 1. The van der Waals surface area contributed by atoms with E-state index in [1.54, 1.807) is 0 Å². The van der Waals surface area contributed by atoms with Gasteiger partial charge in [-0.3, -0.25) is 9.48 Å². The molecule has 2 aromatic rings. The number of aromatic nitrogens is 2. The van der Waals surface area contributed by atoms with Crippen LogP contribution in [0.1, 0.15) is 33.5 Å². The topological polar surface area (TPSA) is 44.1 Å². The van der Waals surface area contributed by atoms with Gasteiger partial charge < -0.3 is 4.74 Å². The predicted octanol–water partition coefficient (Wildman–Crippen LogP) is 3.80. The number of alkyl halides is 6. The number of fused-ring (bicyclic) bond motifs is 1. The summed E-state index contributed by atoms with van der Waals surface area (Å²) in [6, 6.07) is 5.91. The lowest BCUT2D eigenvalue weighted by molar-refractivity contribution is -0.142. The molecule has 1 aliphatic carbocycles. The fraction of sp³-hybridized carbons (Fsp3) is 0.333. The molecule has 0 N–H and O–H groups in total. The number of ketones is 1. The van der Waals surface area contributed by atoms with E-state index in [0.717, 1.165) is 0 Å². The minimum absolute atomic E-state index is 0.370. The van der Waals surface area contributed by atoms with E-state index in [1.807, 2.05) is 0 Å². The molecule has 3 rings (SSSR count). The van der Waals surface area contributed by atoms with Crippen molar-refractivity contribution in [3.05, 3.63) is 46.8 Å². The Morgan fingerprint density at radius 2 is 1.84 bits per heavy atom. The second-order valence-electron chi connectivity index (χ2n) is 5.43. The third-order valence-corrected chi connectivity index (χ3v) is 3.84. The van der Waals surface area contributed by atoms with Crippen molar-refractivity contribution >= 4 is 5.78 Å². The number of hydrogen-bond acceptors (Lipinski definition) is 3. The molecule has 1 unspecified atom stereocenters. The zero-order valence-corrected chi connectivity index (χ0v) is 12.6. The summed E-state index contributed by atoms with van der Waals surface area (Å²) >= 11 is 0. The number of benzene rings is 1. The molecule has 0 fully saturated rings. The lowest BCUT2D eigenvalue weighted by Crippen LogP contribution is -2.29. The van der Waals surface area contributed by atoms with E-state index in [2.05, 4.69) is 5.10 Å². The molecule has 0 saturated carbocycles. The van der Waals surface area contributed by atoms with Crippen molar-refractivity contribution in [2.24, 2.45) is 0 Å². The molecule has 0 amide bonds. The first-order chi connectivity index (χ1) is 11.6. The van der Waals surface area contributed by atoms with E-state index < -0.39 is 47.5 Å². The highest BCUT2D eigenvalue weighted by molar-refractivity contribution is 6.07. The van der Waals surface area contributed by atoms with Gasteiger partial charge in [0.2, 0.25) is 12.0 Å². The van der Waals surface area contributed by atoms with Gasteiger partial charge in [0.25, 0.3) is 0 Å². The Bertz CT molecular complexity index is 826. The highest BCUT2D eigenvalue weighted by atomic mass is 19.4. The van der Waals surface area contributed by atoms with Gasteiger partial charge in [-0.25, -0.2) is 4.39 Å². The van der Waals surface area contributed by atoms with Gasteiger partial charge in [-0.05, 0) is 17.7 Å². The summed E-state index contributed by atoms with van der Waals surface area (Å²) in [7, 11) is 1.41. The van der Waals surface area contributed by atoms with Crippen LogP contribution in [0.15, 0.2) is 24.3 Å². The molecule has 10 heteroatoms. The highest BCUT2D eigenvalue weighted by Crippen LogP contribution is 2.49. The van der Waals surface area contributed by atoms with Gasteiger partial charge >= 0.3 is 12.1 Å². The summed E-state index contributed by atoms with van der Waals surface area (Å²) in [5.74, 6) is -6.28. The molecule has 134 valence electrons. The number of methoxy groups -OCH3 is 1. The van der Waals surface area contributed by atoms with Crippen LogP contribution in [0, 0.1) is 0 Å². The summed E-state index contributed by atoms with van der Waals surface area (Å²) in [4.78, 5) is 11.6. The summed E-state index contributed by atoms with van der Waals surface area (Å²) in [5, 5.41) is 3.17. The normalized spacial score (nSPS) is 19.2. The molecule has 4 nitrogen and oxygen atoms in total. The fourth-order valence-electron chi connectivity index (χ4n) is 2.63. The molecule has 1 aliphatic rings. The van der Waals surface area contributed by atoms with Crippen molar-refractivity contribution < 1.29 is 35.9 Å². The van der Waals surface area contributed by atoms with Gasteiger partial charge in [-0.2, -0.15) is 27.1 Å². The molecule has 0 saturated heterocycles. The SMILES string of the molecule is COc1ccc(Cn2nc(C(F)(F)F)c3c2C(F)C(F)(F)C3=O)cc1. The number of carbonyl (C=O) groups excluding carboxylic acids is 1. The van der Waals surface area contributed by atoms with Crippen LogP contribution in [-0.2, 0) is 12.7 Å². The molecule has 0 radical (unpaired) electrons. The molecule has 0 bridgehead atoms. The van der Waals surface area contributed by atoms with Gasteiger partial charge in [0.05, 0.1) is 24.9 Å². The Morgan fingerprint density at radius 3 is 2.36 bits per heavy atom. The summed E-state index contributed by atoms with van der Waals surface area (Å²) in [6.45, 7) is -0.411. The van der Waals surface area contributed by atoms with Crippen molar-refractivity contribution in [2.75, 3.05) is 7.11 Å². The molecule has 0 aliphatic heterocycles. The van der Waals surface area contributed by atoms with Crippen LogP contribution in [-0.4, -0.2) is 28.6 Å². The first-order valence-corrected chi connectivity index (χ1v) is 6.95. The Kier molecular flexibility index (Phi) is 3.81. The number of rotatable bonds is 3. The molecule has 25 heavy (non-hydrogen) atoms. The van der Waals surface area contributed by atoms with Crippen molar-refractivity contribution in [1.82, 2.24) is 9.78 Å². The van der Waals surface area contributed by atoms with E-state index in [9.17, 15) is 31.1 Å². The molecular formula is C15H10F6N2O2. The number of nitrogens with zero attached hydrogens (tertiary/aromatic N) is 2. The first-order valence-electron chi connectivity index (χ1n) is 6.95. The van der Waals surface area contributed by atoms with Crippen molar-refractivity contribution in [2.45, 2.75) is 24.8 Å². The van der Waals surface area contributed by atoms with Crippen molar-refractivity contribution in [3.63, 3.8) is 0 Å². The van der Waals surface area contributed by atoms with E-state index >= 15 is 0 Å². The fourth-order valence-corrected chi connectivity index (χ4v) is 2.63. The van der Waals surface area contributed by atoms with Crippen LogP contribution in [0.3, 0.4) is 0 Å². The third-order valence-electron chi connectivity index (χ3n) is 3.84. The molecular weight excluding hydrogens is 354 g/mol. The number of hydrogen-bond donors (Lipinski definition) is 0. The molecule has 1 aromatic carbocycles. The smallest absolute Gasteiger partial charge is 0.435 e. The van der Waals surface area contributed by atoms with Crippen molar-refractivity contribution in [3.8, 4) is 5.75 Å². The molecule has 1 atom stereocenters. The average Bonchev–Trinajstić information content (AvgIpc) is 2.99. The Balaban J connectivity index is 2.09.